The molecule has 3 atom stereocenters. The molecule has 0 spiro atoms. The van der Waals surface area contributed by atoms with Crippen LogP contribution in [0, 0.1) is 11.8 Å². The highest BCUT2D eigenvalue weighted by atomic mass is 16.2. The average molecular weight is 278 g/mol. The van der Waals surface area contributed by atoms with Crippen LogP contribution in [0.15, 0.2) is 0 Å². The molecule has 1 heterocycles. The zero-order valence-corrected chi connectivity index (χ0v) is 13.1. The highest BCUT2D eigenvalue weighted by Gasteiger charge is 2.45. The predicted octanol–water partition coefficient (Wildman–Crippen LogP) is 3.29. The molecule has 0 aromatic rings. The summed E-state index contributed by atoms with van der Waals surface area (Å²) in [7, 11) is 0. The summed E-state index contributed by atoms with van der Waals surface area (Å²) < 4.78 is 0. The highest BCUT2D eigenvalue weighted by Crippen LogP contribution is 2.38. The molecule has 0 aromatic carbocycles. The summed E-state index contributed by atoms with van der Waals surface area (Å²) in [5.74, 6) is 1.98. The molecule has 0 bridgehead atoms. The van der Waals surface area contributed by atoms with E-state index in [4.69, 9.17) is 0 Å². The molecule has 2 saturated carbocycles. The molecule has 3 nitrogen and oxygen atoms in total. The first-order valence-electron chi connectivity index (χ1n) is 8.79. The Morgan fingerprint density at radius 1 is 1.25 bits per heavy atom. The van der Waals surface area contributed by atoms with Crippen LogP contribution in [0.3, 0.4) is 0 Å². The van der Waals surface area contributed by atoms with Crippen LogP contribution in [-0.4, -0.2) is 29.1 Å². The minimum absolute atomic E-state index is 0.0900. The van der Waals surface area contributed by atoms with Crippen molar-refractivity contribution in [3.63, 3.8) is 0 Å². The van der Waals surface area contributed by atoms with Crippen molar-refractivity contribution in [2.75, 3.05) is 0 Å². The summed E-state index contributed by atoms with van der Waals surface area (Å²) in [5.41, 5.74) is 0. The third-order valence-electron chi connectivity index (χ3n) is 5.49. The molecule has 3 aliphatic rings. The smallest absolute Gasteiger partial charge is 0.241 e. The molecule has 3 unspecified atom stereocenters. The van der Waals surface area contributed by atoms with Crippen LogP contribution in [0.4, 0.5) is 0 Å². The molecule has 1 amide bonds. The number of nitrogens with one attached hydrogen (secondary N) is 1. The lowest BCUT2D eigenvalue weighted by atomic mass is 10.0. The lowest BCUT2D eigenvalue weighted by molar-refractivity contribution is -0.133. The highest BCUT2D eigenvalue weighted by molar-refractivity contribution is 5.84. The van der Waals surface area contributed by atoms with Gasteiger partial charge in [-0.15, -0.1) is 0 Å². The number of nitrogens with zero attached hydrogens (tertiary/aromatic N) is 1. The van der Waals surface area contributed by atoms with Gasteiger partial charge >= 0.3 is 0 Å². The Morgan fingerprint density at radius 2 is 1.95 bits per heavy atom. The SMILES string of the molecule is CCCC1NC(C2CCCC2)N(C(C)CC2CC2)C1=O. The molecule has 114 valence electrons. The number of hydrogen-bond acceptors (Lipinski definition) is 2. The Morgan fingerprint density at radius 3 is 2.55 bits per heavy atom. The van der Waals surface area contributed by atoms with E-state index in [-0.39, 0.29) is 6.04 Å². The van der Waals surface area contributed by atoms with E-state index in [1.165, 1.54) is 44.9 Å². The fourth-order valence-corrected chi connectivity index (χ4v) is 4.25. The van der Waals surface area contributed by atoms with E-state index < -0.39 is 0 Å². The zero-order chi connectivity index (χ0) is 14.1. The van der Waals surface area contributed by atoms with Gasteiger partial charge < -0.3 is 4.90 Å². The number of amides is 1. The van der Waals surface area contributed by atoms with E-state index in [1.807, 2.05) is 0 Å². The van der Waals surface area contributed by atoms with Gasteiger partial charge in [-0.3, -0.25) is 10.1 Å². The van der Waals surface area contributed by atoms with Crippen molar-refractivity contribution in [1.29, 1.82) is 0 Å². The Bertz CT molecular complexity index is 347. The quantitative estimate of drug-likeness (QED) is 0.808. The summed E-state index contributed by atoms with van der Waals surface area (Å²) in [4.78, 5) is 15.0. The van der Waals surface area contributed by atoms with Gasteiger partial charge in [0.1, 0.15) is 0 Å². The molecular weight excluding hydrogens is 248 g/mol. The molecule has 3 heteroatoms. The van der Waals surface area contributed by atoms with Crippen molar-refractivity contribution in [3.05, 3.63) is 0 Å². The van der Waals surface area contributed by atoms with Crippen molar-refractivity contribution in [2.24, 2.45) is 11.8 Å². The summed E-state index contributed by atoms with van der Waals surface area (Å²) >= 11 is 0. The van der Waals surface area contributed by atoms with Gasteiger partial charge in [0, 0.05) is 6.04 Å². The van der Waals surface area contributed by atoms with Gasteiger partial charge in [0.25, 0.3) is 0 Å². The van der Waals surface area contributed by atoms with Gasteiger partial charge in [-0.2, -0.15) is 0 Å². The summed E-state index contributed by atoms with van der Waals surface area (Å²) in [6, 6.07) is 0.516. The van der Waals surface area contributed by atoms with E-state index in [1.54, 1.807) is 0 Å². The minimum atomic E-state index is 0.0900. The fraction of sp³-hybridized carbons (Fsp3) is 0.941. The zero-order valence-electron chi connectivity index (χ0n) is 13.1. The predicted molar refractivity (Wildman–Crippen MR) is 81.2 cm³/mol. The fourth-order valence-electron chi connectivity index (χ4n) is 4.25. The van der Waals surface area contributed by atoms with Crippen molar-refractivity contribution in [2.45, 2.75) is 89.9 Å². The average Bonchev–Trinajstić information content (AvgIpc) is 2.96. The molecule has 0 radical (unpaired) electrons. The second-order valence-corrected chi connectivity index (χ2v) is 7.27. The Labute approximate surface area is 123 Å². The molecule has 1 N–H and O–H groups in total. The third-order valence-corrected chi connectivity index (χ3v) is 5.49. The van der Waals surface area contributed by atoms with Crippen LogP contribution in [0.2, 0.25) is 0 Å². The molecule has 1 saturated heterocycles. The number of hydrogen-bond donors (Lipinski definition) is 1. The molecule has 0 aromatic heterocycles. The van der Waals surface area contributed by atoms with Crippen molar-refractivity contribution < 1.29 is 4.79 Å². The Kier molecular flexibility index (Phi) is 4.34. The number of carbonyl (C=O) groups excluding carboxylic acids is 1. The van der Waals surface area contributed by atoms with Crippen LogP contribution in [-0.2, 0) is 4.79 Å². The summed E-state index contributed by atoms with van der Waals surface area (Å²) in [5, 5.41) is 3.68. The second kappa shape index (κ2) is 6.05. The lowest BCUT2D eigenvalue weighted by Crippen LogP contribution is -2.47. The molecule has 2 aliphatic carbocycles. The van der Waals surface area contributed by atoms with E-state index in [0.29, 0.717) is 24.0 Å². The van der Waals surface area contributed by atoms with Gasteiger partial charge in [0.05, 0.1) is 12.2 Å². The van der Waals surface area contributed by atoms with Gasteiger partial charge in [0.15, 0.2) is 0 Å². The number of rotatable bonds is 6. The number of carbonyl (C=O) groups is 1. The standard InChI is InChI=1S/C17H30N2O/c1-3-6-15-17(20)19(12(2)11-13-9-10-13)16(18-15)14-7-4-5-8-14/h12-16,18H,3-11H2,1-2H3. The topological polar surface area (TPSA) is 32.3 Å². The summed E-state index contributed by atoms with van der Waals surface area (Å²) in [6.45, 7) is 4.45. The van der Waals surface area contributed by atoms with Crippen LogP contribution in [0.5, 0.6) is 0 Å². The van der Waals surface area contributed by atoms with E-state index in [2.05, 4.69) is 24.1 Å². The maximum Gasteiger partial charge on any atom is 0.241 e. The van der Waals surface area contributed by atoms with Crippen LogP contribution >= 0.6 is 0 Å². The maximum absolute atomic E-state index is 12.8. The van der Waals surface area contributed by atoms with E-state index in [0.717, 1.165) is 18.8 Å². The van der Waals surface area contributed by atoms with Crippen molar-refractivity contribution in [1.82, 2.24) is 10.2 Å². The molecule has 20 heavy (non-hydrogen) atoms. The first kappa shape index (κ1) is 14.4. The van der Waals surface area contributed by atoms with Crippen molar-refractivity contribution in [3.8, 4) is 0 Å². The molecular formula is C17H30N2O. The lowest BCUT2D eigenvalue weighted by Gasteiger charge is -2.34. The molecule has 3 rings (SSSR count). The maximum atomic E-state index is 12.8. The first-order valence-corrected chi connectivity index (χ1v) is 8.79. The van der Waals surface area contributed by atoms with Gasteiger partial charge in [-0.25, -0.2) is 0 Å². The van der Waals surface area contributed by atoms with Gasteiger partial charge in [-0.05, 0) is 44.4 Å². The van der Waals surface area contributed by atoms with Crippen molar-refractivity contribution >= 4 is 5.91 Å². The molecule has 3 fully saturated rings. The minimum Gasteiger partial charge on any atom is -0.323 e. The van der Waals surface area contributed by atoms with Gasteiger partial charge in [-0.1, -0.05) is 39.0 Å². The Hall–Kier alpha value is -0.570. The van der Waals surface area contributed by atoms with Crippen LogP contribution < -0.4 is 5.32 Å². The van der Waals surface area contributed by atoms with Crippen LogP contribution in [0.25, 0.3) is 0 Å². The van der Waals surface area contributed by atoms with E-state index in [9.17, 15) is 4.79 Å². The van der Waals surface area contributed by atoms with E-state index >= 15 is 0 Å². The Balaban J connectivity index is 1.71. The van der Waals surface area contributed by atoms with Gasteiger partial charge in [0.2, 0.25) is 5.91 Å². The first-order chi connectivity index (χ1) is 9.70. The normalized spacial score (nSPS) is 33.1. The second-order valence-electron chi connectivity index (χ2n) is 7.27. The monoisotopic (exact) mass is 278 g/mol. The summed E-state index contributed by atoms with van der Waals surface area (Å²) in [6.07, 6.45) is 11.7. The molecule has 1 aliphatic heterocycles. The van der Waals surface area contributed by atoms with Crippen LogP contribution in [0.1, 0.15) is 71.6 Å². The largest absolute Gasteiger partial charge is 0.323 e. The third kappa shape index (κ3) is 2.88.